The van der Waals surface area contributed by atoms with E-state index in [0.717, 1.165) is 55.8 Å². The highest BCUT2D eigenvalue weighted by atomic mass is 32.1. The van der Waals surface area contributed by atoms with Gasteiger partial charge in [0, 0.05) is 57.3 Å². The minimum absolute atomic E-state index is 0.238. The summed E-state index contributed by atoms with van der Waals surface area (Å²) in [6.07, 6.45) is 2.37. The zero-order valence-electron chi connectivity index (χ0n) is 14.9. The standard InChI is InChI=1S/C18H25N5OS/c1-15-20-16(14-25-15)13-21(2)8-6-18(24)23-11-9-22(10-12-23)17-5-3-4-7-19-17/h3-5,7,14H,6,8-13H2,1-2H3. The Labute approximate surface area is 153 Å². The van der Waals surface area contributed by atoms with Crippen LogP contribution >= 0.6 is 11.3 Å². The van der Waals surface area contributed by atoms with Crippen LogP contribution in [0.5, 0.6) is 0 Å². The van der Waals surface area contributed by atoms with Crippen LogP contribution in [0.15, 0.2) is 29.8 Å². The minimum Gasteiger partial charge on any atom is -0.353 e. The number of hydrogen-bond acceptors (Lipinski definition) is 6. The molecule has 0 N–H and O–H groups in total. The van der Waals surface area contributed by atoms with Crippen molar-refractivity contribution >= 4 is 23.1 Å². The predicted octanol–water partition coefficient (Wildman–Crippen LogP) is 2.02. The van der Waals surface area contributed by atoms with Crippen LogP contribution in [-0.2, 0) is 11.3 Å². The summed E-state index contributed by atoms with van der Waals surface area (Å²) in [7, 11) is 2.04. The summed E-state index contributed by atoms with van der Waals surface area (Å²) >= 11 is 1.67. The largest absolute Gasteiger partial charge is 0.353 e. The number of pyridine rings is 1. The Morgan fingerprint density at radius 2 is 2.08 bits per heavy atom. The number of carbonyl (C=O) groups excluding carboxylic acids is 1. The lowest BCUT2D eigenvalue weighted by molar-refractivity contribution is -0.131. The molecule has 0 saturated carbocycles. The lowest BCUT2D eigenvalue weighted by atomic mass is 10.2. The van der Waals surface area contributed by atoms with Gasteiger partial charge in [0.05, 0.1) is 10.7 Å². The Morgan fingerprint density at radius 3 is 2.72 bits per heavy atom. The third-order valence-electron chi connectivity index (χ3n) is 4.41. The SMILES string of the molecule is Cc1nc(CN(C)CCC(=O)N2CCN(c3ccccn3)CC2)cs1. The summed E-state index contributed by atoms with van der Waals surface area (Å²) < 4.78 is 0. The maximum absolute atomic E-state index is 12.5. The molecule has 0 aliphatic carbocycles. The van der Waals surface area contributed by atoms with Crippen LogP contribution < -0.4 is 4.90 Å². The number of amides is 1. The van der Waals surface area contributed by atoms with Crippen molar-refractivity contribution in [3.8, 4) is 0 Å². The van der Waals surface area contributed by atoms with Crippen molar-refractivity contribution in [2.24, 2.45) is 0 Å². The second kappa shape index (κ2) is 8.40. The highest BCUT2D eigenvalue weighted by molar-refractivity contribution is 7.09. The van der Waals surface area contributed by atoms with Gasteiger partial charge in [0.2, 0.25) is 5.91 Å². The average Bonchev–Trinajstić information content (AvgIpc) is 3.05. The van der Waals surface area contributed by atoms with Crippen molar-refractivity contribution in [3.63, 3.8) is 0 Å². The number of hydrogen-bond donors (Lipinski definition) is 0. The fraction of sp³-hybridized carbons (Fsp3) is 0.500. The Kier molecular flexibility index (Phi) is 5.99. The molecule has 2 aromatic heterocycles. The van der Waals surface area contributed by atoms with Gasteiger partial charge >= 0.3 is 0 Å². The molecule has 1 saturated heterocycles. The molecule has 3 heterocycles. The van der Waals surface area contributed by atoms with Gasteiger partial charge in [-0.2, -0.15) is 0 Å². The molecule has 1 amide bonds. The molecular formula is C18H25N5OS. The third-order valence-corrected chi connectivity index (χ3v) is 5.23. The lowest BCUT2D eigenvalue weighted by Gasteiger charge is -2.35. The Morgan fingerprint density at radius 1 is 1.28 bits per heavy atom. The van der Waals surface area contributed by atoms with E-state index < -0.39 is 0 Å². The number of aromatic nitrogens is 2. The molecule has 0 atom stereocenters. The third kappa shape index (κ3) is 4.99. The molecule has 1 aliphatic rings. The van der Waals surface area contributed by atoms with Crippen molar-refractivity contribution in [1.82, 2.24) is 19.8 Å². The van der Waals surface area contributed by atoms with E-state index in [9.17, 15) is 4.79 Å². The molecule has 1 fully saturated rings. The Balaban J connectivity index is 1.40. The average molecular weight is 359 g/mol. The summed E-state index contributed by atoms with van der Waals surface area (Å²) in [4.78, 5) is 27.7. The minimum atomic E-state index is 0.238. The van der Waals surface area contributed by atoms with Gasteiger partial charge in [0.15, 0.2) is 0 Å². The predicted molar refractivity (Wildman–Crippen MR) is 101 cm³/mol. The van der Waals surface area contributed by atoms with Crippen molar-refractivity contribution < 1.29 is 4.79 Å². The second-order valence-corrected chi connectivity index (χ2v) is 7.46. The summed E-state index contributed by atoms with van der Waals surface area (Å²) in [5, 5.41) is 3.18. The molecule has 1 aliphatic heterocycles. The van der Waals surface area contributed by atoms with E-state index in [4.69, 9.17) is 0 Å². The fourth-order valence-electron chi connectivity index (χ4n) is 3.01. The van der Waals surface area contributed by atoms with Gasteiger partial charge in [-0.05, 0) is 26.1 Å². The van der Waals surface area contributed by atoms with Crippen molar-refractivity contribution in [1.29, 1.82) is 0 Å². The number of carbonyl (C=O) groups is 1. The number of piperazine rings is 1. The van der Waals surface area contributed by atoms with Crippen LogP contribution in [-0.4, -0.2) is 65.4 Å². The van der Waals surface area contributed by atoms with Crippen LogP contribution in [0.3, 0.4) is 0 Å². The highest BCUT2D eigenvalue weighted by Crippen LogP contribution is 2.13. The zero-order valence-corrected chi connectivity index (χ0v) is 15.7. The number of thiazole rings is 1. The van der Waals surface area contributed by atoms with E-state index in [-0.39, 0.29) is 5.91 Å². The van der Waals surface area contributed by atoms with E-state index in [1.807, 2.05) is 43.3 Å². The Hall–Kier alpha value is -1.99. The van der Waals surface area contributed by atoms with Gasteiger partial charge in [-0.15, -0.1) is 11.3 Å². The lowest BCUT2D eigenvalue weighted by Crippen LogP contribution is -2.49. The first kappa shape index (κ1) is 17.8. The Bertz CT molecular complexity index is 682. The fourth-order valence-corrected chi connectivity index (χ4v) is 3.61. The van der Waals surface area contributed by atoms with Gasteiger partial charge in [0.1, 0.15) is 5.82 Å². The van der Waals surface area contributed by atoms with Crippen LogP contribution in [0.4, 0.5) is 5.82 Å². The van der Waals surface area contributed by atoms with Crippen molar-refractivity contribution in [2.45, 2.75) is 19.9 Å². The molecule has 25 heavy (non-hydrogen) atoms. The van der Waals surface area contributed by atoms with Gasteiger partial charge in [0.25, 0.3) is 0 Å². The molecule has 0 spiro atoms. The normalized spacial score (nSPS) is 15.0. The van der Waals surface area contributed by atoms with E-state index >= 15 is 0 Å². The number of anilines is 1. The summed E-state index contributed by atoms with van der Waals surface area (Å²) in [6, 6.07) is 5.94. The summed E-state index contributed by atoms with van der Waals surface area (Å²) in [6.45, 7) is 6.80. The topological polar surface area (TPSA) is 52.6 Å². The first-order chi connectivity index (χ1) is 12.1. The first-order valence-corrected chi connectivity index (χ1v) is 9.53. The van der Waals surface area contributed by atoms with Gasteiger partial charge in [-0.25, -0.2) is 9.97 Å². The molecule has 0 bridgehead atoms. The molecule has 0 aromatic carbocycles. The molecule has 2 aromatic rings. The van der Waals surface area contributed by atoms with Gasteiger partial charge in [-0.3, -0.25) is 4.79 Å². The quantitative estimate of drug-likeness (QED) is 0.790. The van der Waals surface area contributed by atoms with Crippen LogP contribution in [0, 0.1) is 6.92 Å². The maximum Gasteiger partial charge on any atom is 0.223 e. The second-order valence-electron chi connectivity index (χ2n) is 6.40. The van der Waals surface area contributed by atoms with Crippen LogP contribution in [0.1, 0.15) is 17.1 Å². The highest BCUT2D eigenvalue weighted by Gasteiger charge is 2.21. The molecule has 6 nitrogen and oxygen atoms in total. The summed E-state index contributed by atoms with van der Waals surface area (Å²) in [5.41, 5.74) is 1.08. The summed E-state index contributed by atoms with van der Waals surface area (Å²) in [5.74, 6) is 1.23. The van der Waals surface area contributed by atoms with Crippen molar-refractivity contribution in [2.75, 3.05) is 44.7 Å². The number of nitrogens with zero attached hydrogens (tertiary/aromatic N) is 5. The number of aryl methyl sites for hydroxylation is 1. The number of rotatable bonds is 6. The van der Waals surface area contributed by atoms with E-state index in [2.05, 4.69) is 25.1 Å². The van der Waals surface area contributed by atoms with Gasteiger partial charge in [-0.1, -0.05) is 6.07 Å². The first-order valence-electron chi connectivity index (χ1n) is 8.65. The van der Waals surface area contributed by atoms with E-state index in [0.29, 0.717) is 6.42 Å². The molecule has 134 valence electrons. The van der Waals surface area contributed by atoms with Gasteiger partial charge < -0.3 is 14.7 Å². The van der Waals surface area contributed by atoms with Crippen molar-refractivity contribution in [3.05, 3.63) is 40.5 Å². The molecule has 0 radical (unpaired) electrons. The molecular weight excluding hydrogens is 334 g/mol. The van der Waals surface area contributed by atoms with E-state index in [1.54, 1.807) is 11.3 Å². The van der Waals surface area contributed by atoms with E-state index in [1.165, 1.54) is 0 Å². The molecule has 0 unspecified atom stereocenters. The van der Waals surface area contributed by atoms with Crippen LogP contribution in [0.2, 0.25) is 0 Å². The smallest absolute Gasteiger partial charge is 0.223 e. The molecule has 3 rings (SSSR count). The maximum atomic E-state index is 12.5. The monoisotopic (exact) mass is 359 g/mol. The zero-order chi connectivity index (χ0) is 17.6. The molecule has 7 heteroatoms. The van der Waals surface area contributed by atoms with Crippen LogP contribution in [0.25, 0.3) is 0 Å².